The van der Waals surface area contributed by atoms with Crippen LogP contribution in [-0.4, -0.2) is 0 Å². The van der Waals surface area contributed by atoms with Crippen molar-refractivity contribution in [2.24, 2.45) is 0 Å². The van der Waals surface area contributed by atoms with Gasteiger partial charge in [0.05, 0.1) is 11.4 Å². The van der Waals surface area contributed by atoms with Crippen LogP contribution in [0, 0.1) is 0 Å². The van der Waals surface area contributed by atoms with E-state index < -0.39 is 0 Å². The summed E-state index contributed by atoms with van der Waals surface area (Å²) in [7, 11) is 0. The van der Waals surface area contributed by atoms with E-state index in [9.17, 15) is 0 Å². The number of furan rings is 1. The summed E-state index contributed by atoms with van der Waals surface area (Å²) in [5.41, 5.74) is 12.7. The largest absolute Gasteiger partial charge is 0.454 e. The van der Waals surface area contributed by atoms with Crippen molar-refractivity contribution >= 4 is 81.3 Å². The van der Waals surface area contributed by atoms with Crippen LogP contribution in [0.25, 0.3) is 75.1 Å². The minimum absolute atomic E-state index is 0.203. The van der Waals surface area contributed by atoms with Gasteiger partial charge in [-0.1, -0.05) is 123 Å². The third-order valence-corrected chi connectivity index (χ3v) is 12.4. The van der Waals surface area contributed by atoms with E-state index in [-0.39, 0.29) is 5.41 Å². The molecule has 2 heterocycles. The van der Waals surface area contributed by atoms with Gasteiger partial charge in [-0.2, -0.15) is 0 Å². The zero-order chi connectivity index (χ0) is 34.6. The molecule has 0 spiro atoms. The summed E-state index contributed by atoms with van der Waals surface area (Å²) >= 11 is 1.87. The summed E-state index contributed by atoms with van der Waals surface area (Å²) in [6.45, 7) is 4.76. The molecule has 52 heavy (non-hydrogen) atoms. The van der Waals surface area contributed by atoms with Crippen LogP contribution in [0.2, 0.25) is 0 Å². The van der Waals surface area contributed by atoms with Gasteiger partial charge in [0, 0.05) is 47.4 Å². The summed E-state index contributed by atoms with van der Waals surface area (Å²) in [4.78, 5) is 2.40. The first-order valence-electron chi connectivity index (χ1n) is 17.9. The Balaban J connectivity index is 1.08. The predicted molar refractivity (Wildman–Crippen MR) is 222 cm³/mol. The quantitative estimate of drug-likeness (QED) is 0.184. The Labute approximate surface area is 305 Å². The lowest BCUT2D eigenvalue weighted by Crippen LogP contribution is -2.17. The number of nitrogens with zero attached hydrogens (tertiary/aromatic N) is 1. The fourth-order valence-electron chi connectivity index (χ4n) is 8.67. The van der Waals surface area contributed by atoms with Crippen LogP contribution in [0.1, 0.15) is 25.0 Å². The van der Waals surface area contributed by atoms with Crippen LogP contribution in [0.5, 0.6) is 0 Å². The maximum absolute atomic E-state index is 6.66. The van der Waals surface area contributed by atoms with E-state index in [0.29, 0.717) is 0 Å². The van der Waals surface area contributed by atoms with Gasteiger partial charge in [-0.05, 0) is 93.4 Å². The van der Waals surface area contributed by atoms with Crippen LogP contribution < -0.4 is 4.90 Å². The third kappa shape index (κ3) is 4.23. The average Bonchev–Trinajstić information content (AvgIpc) is 3.83. The number of fused-ring (bicyclic) bond motifs is 10. The zero-order valence-corrected chi connectivity index (χ0v) is 29.7. The third-order valence-electron chi connectivity index (χ3n) is 11.3. The first-order valence-corrected chi connectivity index (χ1v) is 18.7. The molecule has 3 heteroatoms. The Hall–Kier alpha value is -6.16. The van der Waals surface area contributed by atoms with Gasteiger partial charge >= 0.3 is 0 Å². The summed E-state index contributed by atoms with van der Waals surface area (Å²) in [6, 6.07) is 59.9. The molecule has 0 N–H and O–H groups in total. The van der Waals surface area contributed by atoms with Gasteiger partial charge < -0.3 is 9.32 Å². The Morgan fingerprint density at radius 2 is 1.12 bits per heavy atom. The molecule has 2 nitrogen and oxygen atoms in total. The minimum Gasteiger partial charge on any atom is -0.454 e. The molecular formula is C49H33NOS. The summed E-state index contributed by atoms with van der Waals surface area (Å²) in [5.74, 6) is 0. The SMILES string of the molecule is CC1(C)c2cc(-c3ccc4sc5ccccc5c4c3)ccc2-c2ccc(N(c3cccc4ccccc34)c3cccc4c3oc3ccccc34)cc21. The Morgan fingerprint density at radius 3 is 2.02 bits per heavy atom. The number of thiophene rings is 1. The minimum atomic E-state index is -0.203. The Kier molecular flexibility index (Phi) is 6.21. The van der Waals surface area contributed by atoms with E-state index in [0.717, 1.165) is 39.0 Å². The zero-order valence-electron chi connectivity index (χ0n) is 28.9. The van der Waals surface area contributed by atoms with E-state index in [2.05, 4.69) is 176 Å². The number of hydrogen-bond donors (Lipinski definition) is 0. The number of benzene rings is 8. The second kappa shape index (κ2) is 10.9. The lowest BCUT2D eigenvalue weighted by molar-refractivity contribution is 0.660. The molecule has 2 aromatic heterocycles. The van der Waals surface area contributed by atoms with Crippen molar-refractivity contribution < 1.29 is 4.42 Å². The van der Waals surface area contributed by atoms with Crippen molar-refractivity contribution in [3.8, 4) is 22.3 Å². The van der Waals surface area contributed by atoms with Crippen molar-refractivity contribution in [3.63, 3.8) is 0 Å². The predicted octanol–water partition coefficient (Wildman–Crippen LogP) is 14.6. The molecule has 0 amide bonds. The Morgan fingerprint density at radius 1 is 0.481 bits per heavy atom. The van der Waals surface area contributed by atoms with E-state index in [1.165, 1.54) is 64.3 Å². The molecule has 1 aliphatic rings. The molecule has 246 valence electrons. The second-order valence-corrected chi connectivity index (χ2v) is 15.6. The van der Waals surface area contributed by atoms with Crippen molar-refractivity contribution in [1.29, 1.82) is 0 Å². The molecule has 11 rings (SSSR count). The molecule has 0 saturated heterocycles. The lowest BCUT2D eigenvalue weighted by atomic mass is 9.81. The van der Waals surface area contributed by atoms with Crippen LogP contribution in [0.15, 0.2) is 168 Å². The van der Waals surface area contributed by atoms with Crippen molar-refractivity contribution in [1.82, 2.24) is 0 Å². The molecule has 0 atom stereocenters. The molecule has 0 radical (unpaired) electrons. The smallest absolute Gasteiger partial charge is 0.159 e. The Bertz CT molecular complexity index is 3060. The molecule has 0 unspecified atom stereocenters. The van der Waals surface area contributed by atoms with E-state index >= 15 is 0 Å². The molecule has 0 saturated carbocycles. The molecule has 1 aliphatic carbocycles. The molecule has 10 aromatic rings. The van der Waals surface area contributed by atoms with Crippen molar-refractivity contribution in [2.45, 2.75) is 19.3 Å². The van der Waals surface area contributed by atoms with Gasteiger partial charge in [0.2, 0.25) is 0 Å². The fraction of sp³-hybridized carbons (Fsp3) is 0.0612. The summed E-state index contributed by atoms with van der Waals surface area (Å²) in [5, 5.41) is 7.31. The van der Waals surface area contributed by atoms with E-state index in [1.54, 1.807) is 0 Å². The van der Waals surface area contributed by atoms with Gasteiger partial charge in [-0.25, -0.2) is 0 Å². The van der Waals surface area contributed by atoms with Crippen LogP contribution in [0.3, 0.4) is 0 Å². The van der Waals surface area contributed by atoms with Gasteiger partial charge in [0.15, 0.2) is 5.58 Å². The second-order valence-electron chi connectivity index (χ2n) is 14.5. The standard InChI is InChI=1S/C49H33NOS/c1-49(2)41-28-32(31-22-26-47-40(27-31)38-15-6-8-20-46(38)52-47)21-24-35(41)36-25-23-33(29-42(36)49)50(43-17-9-12-30-11-3-4-13-34(30)43)44-18-10-16-39-37-14-5-7-19-45(37)51-48(39)44/h3-29H,1-2H3. The molecule has 0 fully saturated rings. The van der Waals surface area contributed by atoms with Crippen molar-refractivity contribution in [3.05, 3.63) is 175 Å². The average molecular weight is 684 g/mol. The summed E-state index contributed by atoms with van der Waals surface area (Å²) in [6.07, 6.45) is 0. The highest BCUT2D eigenvalue weighted by molar-refractivity contribution is 7.25. The lowest BCUT2D eigenvalue weighted by Gasteiger charge is -2.29. The van der Waals surface area contributed by atoms with Gasteiger partial charge in [-0.15, -0.1) is 11.3 Å². The maximum Gasteiger partial charge on any atom is 0.159 e. The van der Waals surface area contributed by atoms with Crippen molar-refractivity contribution in [2.75, 3.05) is 4.90 Å². The number of rotatable bonds is 4. The molecule has 0 aliphatic heterocycles. The van der Waals surface area contributed by atoms with Gasteiger partial charge in [-0.3, -0.25) is 0 Å². The summed E-state index contributed by atoms with van der Waals surface area (Å²) < 4.78 is 9.34. The number of anilines is 3. The number of para-hydroxylation sites is 2. The highest BCUT2D eigenvalue weighted by Gasteiger charge is 2.36. The first-order chi connectivity index (χ1) is 25.5. The first kappa shape index (κ1) is 29.6. The van der Waals surface area contributed by atoms with Crippen LogP contribution >= 0.6 is 11.3 Å². The number of hydrogen-bond acceptors (Lipinski definition) is 3. The van der Waals surface area contributed by atoms with Crippen LogP contribution in [0.4, 0.5) is 17.1 Å². The topological polar surface area (TPSA) is 16.4 Å². The van der Waals surface area contributed by atoms with E-state index in [4.69, 9.17) is 4.42 Å². The molecule has 0 bridgehead atoms. The van der Waals surface area contributed by atoms with Gasteiger partial charge in [0.1, 0.15) is 5.58 Å². The monoisotopic (exact) mass is 683 g/mol. The molecule has 8 aromatic carbocycles. The van der Waals surface area contributed by atoms with Gasteiger partial charge in [0.25, 0.3) is 0 Å². The highest BCUT2D eigenvalue weighted by atomic mass is 32.1. The fourth-order valence-corrected chi connectivity index (χ4v) is 9.76. The van der Waals surface area contributed by atoms with Crippen LogP contribution in [-0.2, 0) is 5.41 Å². The maximum atomic E-state index is 6.66. The van der Waals surface area contributed by atoms with E-state index in [1.807, 2.05) is 17.4 Å². The normalized spacial score (nSPS) is 13.3. The highest BCUT2D eigenvalue weighted by Crippen LogP contribution is 2.53. The molecular weight excluding hydrogens is 651 g/mol.